The maximum absolute atomic E-state index is 12.6. The molecule has 0 saturated heterocycles. The molecule has 1 unspecified atom stereocenters. The molecule has 136 valence electrons. The van der Waals surface area contributed by atoms with Crippen molar-refractivity contribution in [2.75, 3.05) is 20.3 Å². The van der Waals surface area contributed by atoms with E-state index in [9.17, 15) is 4.79 Å². The molecule has 3 N–H and O–H groups in total. The molecule has 1 aromatic carbocycles. The SMILES string of the molecule is COCCC1(CNC(=O)C(C)(N)c2ccc(Br)cc2)CCCC1.Cl. The van der Waals surface area contributed by atoms with Crippen molar-refractivity contribution in [3.8, 4) is 0 Å². The molecule has 4 nitrogen and oxygen atoms in total. The maximum Gasteiger partial charge on any atom is 0.244 e. The lowest BCUT2D eigenvalue weighted by atomic mass is 9.82. The minimum Gasteiger partial charge on any atom is -0.385 e. The highest BCUT2D eigenvalue weighted by Crippen LogP contribution is 2.40. The van der Waals surface area contributed by atoms with Crippen LogP contribution in [-0.4, -0.2) is 26.2 Å². The number of carbonyl (C=O) groups excluding carboxylic acids is 1. The van der Waals surface area contributed by atoms with Gasteiger partial charge < -0.3 is 15.8 Å². The van der Waals surface area contributed by atoms with Crippen molar-refractivity contribution in [3.63, 3.8) is 0 Å². The summed E-state index contributed by atoms with van der Waals surface area (Å²) in [6, 6.07) is 7.59. The van der Waals surface area contributed by atoms with E-state index in [0.29, 0.717) is 6.54 Å². The van der Waals surface area contributed by atoms with E-state index >= 15 is 0 Å². The van der Waals surface area contributed by atoms with Crippen LogP contribution in [0.1, 0.15) is 44.6 Å². The average molecular weight is 420 g/mol. The summed E-state index contributed by atoms with van der Waals surface area (Å²) in [4.78, 5) is 12.6. The van der Waals surface area contributed by atoms with E-state index in [2.05, 4.69) is 21.2 Å². The van der Waals surface area contributed by atoms with Gasteiger partial charge >= 0.3 is 0 Å². The van der Waals surface area contributed by atoms with Crippen LogP contribution < -0.4 is 11.1 Å². The van der Waals surface area contributed by atoms with Gasteiger partial charge in [0.05, 0.1) is 0 Å². The number of nitrogens with two attached hydrogens (primary N) is 1. The van der Waals surface area contributed by atoms with Crippen LogP contribution in [0.25, 0.3) is 0 Å². The molecule has 1 aliphatic carbocycles. The Bertz CT molecular complexity index is 528. The average Bonchev–Trinajstić information content (AvgIpc) is 3.00. The van der Waals surface area contributed by atoms with Gasteiger partial charge in [-0.15, -0.1) is 12.4 Å². The molecule has 1 fully saturated rings. The van der Waals surface area contributed by atoms with Crippen LogP contribution in [0, 0.1) is 5.41 Å². The Balaban J connectivity index is 0.00000288. The molecule has 1 amide bonds. The van der Waals surface area contributed by atoms with Gasteiger partial charge in [0.1, 0.15) is 5.54 Å². The highest BCUT2D eigenvalue weighted by atomic mass is 79.9. The lowest BCUT2D eigenvalue weighted by molar-refractivity contribution is -0.126. The Kier molecular flexibility index (Phi) is 8.20. The first-order chi connectivity index (χ1) is 10.9. The van der Waals surface area contributed by atoms with Crippen molar-refractivity contribution in [2.45, 2.75) is 44.6 Å². The molecule has 0 spiro atoms. The molecule has 0 bridgehead atoms. The van der Waals surface area contributed by atoms with Crippen molar-refractivity contribution < 1.29 is 9.53 Å². The Morgan fingerprint density at radius 1 is 1.33 bits per heavy atom. The number of ether oxygens (including phenoxy) is 1. The van der Waals surface area contributed by atoms with E-state index in [1.54, 1.807) is 14.0 Å². The molecule has 24 heavy (non-hydrogen) atoms. The fraction of sp³-hybridized carbons (Fsp3) is 0.611. The number of halogens is 2. The first-order valence-corrected chi connectivity index (χ1v) is 9.01. The molecule has 1 aromatic rings. The lowest BCUT2D eigenvalue weighted by Crippen LogP contribution is -2.51. The van der Waals surface area contributed by atoms with Crippen LogP contribution in [0.2, 0.25) is 0 Å². The van der Waals surface area contributed by atoms with E-state index < -0.39 is 5.54 Å². The molecule has 1 atom stereocenters. The molecule has 0 radical (unpaired) electrons. The zero-order valence-corrected chi connectivity index (χ0v) is 16.8. The molecular weight excluding hydrogens is 392 g/mol. The largest absolute Gasteiger partial charge is 0.385 e. The number of methoxy groups -OCH3 is 1. The number of hydrogen-bond donors (Lipinski definition) is 2. The number of carbonyl (C=O) groups is 1. The summed E-state index contributed by atoms with van der Waals surface area (Å²) >= 11 is 3.40. The van der Waals surface area contributed by atoms with Gasteiger partial charge in [0.2, 0.25) is 5.91 Å². The fourth-order valence-corrected chi connectivity index (χ4v) is 3.60. The molecular formula is C18H28BrClN2O2. The predicted octanol–water partition coefficient (Wildman–Crippen LogP) is 3.76. The second-order valence-corrected chi connectivity index (χ2v) is 7.76. The van der Waals surface area contributed by atoms with Gasteiger partial charge in [0, 0.05) is 24.7 Å². The van der Waals surface area contributed by atoms with E-state index in [1.165, 1.54) is 12.8 Å². The third-order valence-electron chi connectivity index (χ3n) is 5.04. The van der Waals surface area contributed by atoms with Crippen LogP contribution in [-0.2, 0) is 15.1 Å². The molecule has 1 saturated carbocycles. The Morgan fingerprint density at radius 3 is 2.46 bits per heavy atom. The van der Waals surface area contributed by atoms with Crippen LogP contribution in [0.4, 0.5) is 0 Å². The van der Waals surface area contributed by atoms with Gasteiger partial charge in [-0.2, -0.15) is 0 Å². The van der Waals surface area contributed by atoms with Crippen molar-refractivity contribution in [2.24, 2.45) is 11.1 Å². The number of hydrogen-bond acceptors (Lipinski definition) is 3. The van der Waals surface area contributed by atoms with Crippen molar-refractivity contribution in [3.05, 3.63) is 34.3 Å². The van der Waals surface area contributed by atoms with Gasteiger partial charge in [-0.05, 0) is 49.3 Å². The fourth-order valence-electron chi connectivity index (χ4n) is 3.34. The zero-order chi connectivity index (χ0) is 16.9. The number of rotatable bonds is 7. The minimum atomic E-state index is -1.03. The van der Waals surface area contributed by atoms with E-state index in [1.807, 2.05) is 24.3 Å². The van der Waals surface area contributed by atoms with Crippen molar-refractivity contribution in [1.82, 2.24) is 5.32 Å². The standard InChI is InChI=1S/C18H27BrN2O2.ClH/c1-17(20,14-5-7-15(19)8-6-14)16(22)21-13-18(11-12-23-2)9-3-4-10-18;/h5-8H,3-4,9-13,20H2,1-2H3,(H,21,22);1H. The Labute approximate surface area is 159 Å². The summed E-state index contributed by atoms with van der Waals surface area (Å²) in [5.74, 6) is -0.122. The van der Waals surface area contributed by atoms with Crippen LogP contribution in [0.3, 0.4) is 0 Å². The van der Waals surface area contributed by atoms with Crippen LogP contribution in [0.5, 0.6) is 0 Å². The molecule has 2 rings (SSSR count). The molecule has 6 heteroatoms. The first-order valence-electron chi connectivity index (χ1n) is 8.22. The quantitative estimate of drug-likeness (QED) is 0.707. The third-order valence-corrected chi connectivity index (χ3v) is 5.57. The van der Waals surface area contributed by atoms with Crippen LogP contribution in [0.15, 0.2) is 28.7 Å². The van der Waals surface area contributed by atoms with Gasteiger partial charge in [-0.1, -0.05) is 40.9 Å². The van der Waals surface area contributed by atoms with Gasteiger partial charge in [-0.25, -0.2) is 0 Å². The number of nitrogens with one attached hydrogen (secondary N) is 1. The first kappa shape index (κ1) is 21.4. The lowest BCUT2D eigenvalue weighted by Gasteiger charge is -2.31. The summed E-state index contributed by atoms with van der Waals surface area (Å²) in [5.41, 5.74) is 6.27. The highest BCUT2D eigenvalue weighted by molar-refractivity contribution is 9.10. The van der Waals surface area contributed by atoms with Crippen molar-refractivity contribution in [1.29, 1.82) is 0 Å². The second-order valence-electron chi connectivity index (χ2n) is 6.84. The van der Waals surface area contributed by atoms with E-state index in [0.717, 1.165) is 35.9 Å². The van der Waals surface area contributed by atoms with Crippen molar-refractivity contribution >= 4 is 34.2 Å². The summed E-state index contributed by atoms with van der Waals surface area (Å²) in [5, 5.41) is 3.10. The van der Waals surface area contributed by atoms with Gasteiger partial charge in [-0.3, -0.25) is 4.79 Å². The summed E-state index contributed by atoms with van der Waals surface area (Å²) in [6.45, 7) is 3.18. The minimum absolute atomic E-state index is 0. The topological polar surface area (TPSA) is 64.3 Å². The van der Waals surface area contributed by atoms with Gasteiger partial charge in [0.25, 0.3) is 0 Å². The maximum atomic E-state index is 12.6. The zero-order valence-electron chi connectivity index (χ0n) is 14.4. The predicted molar refractivity (Wildman–Crippen MR) is 103 cm³/mol. The smallest absolute Gasteiger partial charge is 0.244 e. The van der Waals surface area contributed by atoms with Gasteiger partial charge in [0.15, 0.2) is 0 Å². The van der Waals surface area contributed by atoms with E-state index in [-0.39, 0.29) is 23.7 Å². The third kappa shape index (κ3) is 5.19. The van der Waals surface area contributed by atoms with E-state index in [4.69, 9.17) is 10.5 Å². The molecule has 0 aromatic heterocycles. The Hall–Kier alpha value is -0.620. The molecule has 0 aliphatic heterocycles. The monoisotopic (exact) mass is 418 g/mol. The molecule has 1 aliphatic rings. The summed E-state index contributed by atoms with van der Waals surface area (Å²) in [6.07, 6.45) is 5.74. The van der Waals surface area contributed by atoms with Crippen LogP contribution >= 0.6 is 28.3 Å². The normalized spacial score (nSPS) is 18.5. The Morgan fingerprint density at radius 2 is 1.92 bits per heavy atom. The number of benzene rings is 1. The molecule has 0 heterocycles. The summed E-state index contributed by atoms with van der Waals surface area (Å²) < 4.78 is 6.22. The highest BCUT2D eigenvalue weighted by Gasteiger charge is 2.36. The summed E-state index contributed by atoms with van der Waals surface area (Å²) in [7, 11) is 1.73. The second kappa shape index (κ2) is 9.18. The number of amides is 1.